The fourth-order valence-corrected chi connectivity index (χ4v) is 0.370. The van der Waals surface area contributed by atoms with Gasteiger partial charge in [-0.05, 0) is 6.92 Å². The van der Waals surface area contributed by atoms with Gasteiger partial charge in [-0.25, -0.2) is 0 Å². The number of hydrogen-bond donors (Lipinski definition) is 2. The molecule has 0 saturated carbocycles. The topological polar surface area (TPSA) is 83.8 Å². The Morgan fingerprint density at radius 3 is 2.00 bits per heavy atom. The molecule has 62 valence electrons. The molecule has 1 atom stereocenters. The van der Waals surface area contributed by atoms with Crippen molar-refractivity contribution in [2.45, 2.75) is 13.8 Å². The second kappa shape index (κ2) is 8.62. The van der Waals surface area contributed by atoms with Gasteiger partial charge >= 0.3 is 8.25 Å². The van der Waals surface area contributed by atoms with E-state index in [1.807, 2.05) is 0 Å². The predicted molar refractivity (Wildman–Crippen MR) is 36.2 cm³/mol. The molecule has 0 saturated heterocycles. The first-order chi connectivity index (χ1) is 4.50. The number of carboxylic acids is 1. The molecular weight excluding hydrogens is 159 g/mol. The summed E-state index contributed by atoms with van der Waals surface area (Å²) in [5, 5.41) is 7.42. The molecule has 2 N–H and O–H groups in total. The highest BCUT2D eigenvalue weighted by atomic mass is 31.1. The van der Waals surface area contributed by atoms with Gasteiger partial charge in [-0.2, -0.15) is 0 Å². The summed E-state index contributed by atoms with van der Waals surface area (Å²) in [6.45, 7) is 3.06. The van der Waals surface area contributed by atoms with Gasteiger partial charge < -0.3 is 14.5 Å². The number of carboxylic acid groups (broad SMARTS) is 1. The summed E-state index contributed by atoms with van der Waals surface area (Å²) in [5.74, 6) is -0.833. The highest BCUT2D eigenvalue weighted by Gasteiger charge is 1.81. The van der Waals surface area contributed by atoms with E-state index in [4.69, 9.17) is 14.8 Å². The van der Waals surface area contributed by atoms with E-state index in [0.717, 1.165) is 6.92 Å². The molecule has 10 heavy (non-hydrogen) atoms. The van der Waals surface area contributed by atoms with Gasteiger partial charge in [0.2, 0.25) is 0 Å². The van der Waals surface area contributed by atoms with Gasteiger partial charge in [0, 0.05) is 6.92 Å². The lowest BCUT2D eigenvalue weighted by atomic mass is 10.9. The van der Waals surface area contributed by atoms with Gasteiger partial charge in [-0.15, -0.1) is 0 Å². The molecule has 0 heterocycles. The van der Waals surface area contributed by atoms with E-state index in [1.165, 1.54) is 0 Å². The van der Waals surface area contributed by atoms with Crippen molar-refractivity contribution in [2.24, 2.45) is 0 Å². The number of rotatable bonds is 2. The Morgan fingerprint density at radius 2 is 2.00 bits per heavy atom. The van der Waals surface area contributed by atoms with E-state index in [-0.39, 0.29) is 0 Å². The van der Waals surface area contributed by atoms with Crippen molar-refractivity contribution in [2.75, 3.05) is 6.61 Å². The third-order valence-corrected chi connectivity index (χ3v) is 0.803. The van der Waals surface area contributed by atoms with E-state index in [9.17, 15) is 4.57 Å². The van der Waals surface area contributed by atoms with Crippen molar-refractivity contribution in [3.8, 4) is 0 Å². The SMILES string of the molecule is CC(=O)O.CCO[PH](=O)O. The van der Waals surface area contributed by atoms with Crippen LogP contribution in [0.25, 0.3) is 0 Å². The molecular formula is C4H11O5P. The molecule has 5 nitrogen and oxygen atoms in total. The maximum atomic E-state index is 9.56. The zero-order valence-electron chi connectivity index (χ0n) is 5.83. The smallest absolute Gasteiger partial charge is 0.316 e. The molecule has 0 aliphatic heterocycles. The summed E-state index contributed by atoms with van der Waals surface area (Å²) in [4.78, 5) is 16.9. The first-order valence-electron chi connectivity index (χ1n) is 2.56. The Hall–Kier alpha value is -0.380. The summed E-state index contributed by atoms with van der Waals surface area (Å²) in [6, 6.07) is 0. The van der Waals surface area contributed by atoms with Crippen LogP contribution in [0, 0.1) is 0 Å². The predicted octanol–water partition coefficient (Wildman–Crippen LogP) is 0.496. The van der Waals surface area contributed by atoms with Crippen LogP contribution in [0.2, 0.25) is 0 Å². The van der Waals surface area contributed by atoms with Gasteiger partial charge in [0.1, 0.15) is 0 Å². The fraction of sp³-hybridized carbons (Fsp3) is 0.750. The molecule has 0 aromatic heterocycles. The van der Waals surface area contributed by atoms with Crippen LogP contribution < -0.4 is 0 Å². The van der Waals surface area contributed by atoms with Crippen molar-refractivity contribution >= 4 is 14.2 Å². The minimum Gasteiger partial charge on any atom is -0.481 e. The second-order valence-electron chi connectivity index (χ2n) is 1.22. The van der Waals surface area contributed by atoms with Crippen molar-refractivity contribution in [3.05, 3.63) is 0 Å². The molecule has 0 aromatic carbocycles. The molecule has 0 amide bonds. The van der Waals surface area contributed by atoms with Crippen LogP contribution in [0.4, 0.5) is 0 Å². The van der Waals surface area contributed by atoms with Crippen LogP contribution in [0.15, 0.2) is 0 Å². The van der Waals surface area contributed by atoms with Gasteiger partial charge in [0.05, 0.1) is 6.61 Å². The number of hydrogen-bond acceptors (Lipinski definition) is 3. The normalized spacial score (nSPS) is 11.1. The Morgan fingerprint density at radius 1 is 1.70 bits per heavy atom. The summed E-state index contributed by atoms with van der Waals surface area (Å²) in [7, 11) is -2.64. The molecule has 0 aliphatic carbocycles. The van der Waals surface area contributed by atoms with Crippen molar-refractivity contribution < 1.29 is 23.9 Å². The Labute approximate surface area is 59.6 Å². The lowest BCUT2D eigenvalue weighted by Gasteiger charge is -1.86. The highest BCUT2D eigenvalue weighted by Crippen LogP contribution is 2.12. The van der Waals surface area contributed by atoms with Crippen molar-refractivity contribution in [1.29, 1.82) is 0 Å². The zero-order chi connectivity index (χ0) is 8.57. The lowest BCUT2D eigenvalue weighted by Crippen LogP contribution is -1.78. The minimum atomic E-state index is -2.64. The monoisotopic (exact) mass is 170 g/mol. The van der Waals surface area contributed by atoms with Gasteiger partial charge in [0.25, 0.3) is 5.97 Å². The fourth-order valence-electron chi connectivity index (χ4n) is 0.123. The third-order valence-electron chi connectivity index (χ3n) is 0.268. The van der Waals surface area contributed by atoms with Crippen LogP contribution in [-0.2, 0) is 13.9 Å². The van der Waals surface area contributed by atoms with E-state index in [0.29, 0.717) is 6.61 Å². The summed E-state index contributed by atoms with van der Waals surface area (Å²) in [6.07, 6.45) is 0. The average Bonchev–Trinajstić information content (AvgIpc) is 1.62. The maximum Gasteiger partial charge on any atom is 0.316 e. The van der Waals surface area contributed by atoms with Gasteiger partial charge in [-0.3, -0.25) is 9.36 Å². The quantitative estimate of drug-likeness (QED) is 0.589. The Kier molecular flexibility index (Phi) is 10.6. The van der Waals surface area contributed by atoms with E-state index < -0.39 is 14.2 Å². The standard InChI is InChI=1S/C2H7O3P.C2H4O2/c1-2-5-6(3)4;1-2(3)4/h6H,2H2,1H3,(H,3,4);1H3,(H,3,4). The van der Waals surface area contributed by atoms with Crippen LogP contribution in [-0.4, -0.2) is 22.6 Å². The van der Waals surface area contributed by atoms with Crippen LogP contribution >= 0.6 is 8.25 Å². The van der Waals surface area contributed by atoms with E-state index in [1.54, 1.807) is 6.92 Å². The molecule has 0 aliphatic rings. The van der Waals surface area contributed by atoms with Crippen molar-refractivity contribution in [1.82, 2.24) is 0 Å². The van der Waals surface area contributed by atoms with Gasteiger partial charge in [-0.1, -0.05) is 0 Å². The largest absolute Gasteiger partial charge is 0.481 e. The number of carbonyl (C=O) groups is 1. The Balaban J connectivity index is 0. The molecule has 0 rings (SSSR count). The third kappa shape index (κ3) is 48.6. The summed E-state index contributed by atoms with van der Waals surface area (Å²) >= 11 is 0. The number of aliphatic carboxylic acids is 1. The lowest BCUT2D eigenvalue weighted by molar-refractivity contribution is -0.134. The molecule has 1 unspecified atom stereocenters. The molecule has 0 aromatic rings. The molecule has 0 bridgehead atoms. The Bertz CT molecular complexity index is 108. The van der Waals surface area contributed by atoms with E-state index >= 15 is 0 Å². The first-order valence-corrected chi connectivity index (χ1v) is 3.82. The van der Waals surface area contributed by atoms with Crippen molar-refractivity contribution in [3.63, 3.8) is 0 Å². The highest BCUT2D eigenvalue weighted by molar-refractivity contribution is 7.32. The molecule has 0 spiro atoms. The molecule has 0 radical (unpaired) electrons. The van der Waals surface area contributed by atoms with E-state index in [2.05, 4.69) is 4.52 Å². The van der Waals surface area contributed by atoms with Crippen LogP contribution in [0.5, 0.6) is 0 Å². The first kappa shape index (κ1) is 12.3. The molecule has 0 fully saturated rings. The summed E-state index contributed by atoms with van der Waals surface area (Å²) in [5.41, 5.74) is 0. The van der Waals surface area contributed by atoms with Crippen LogP contribution in [0.3, 0.4) is 0 Å². The molecule has 6 heteroatoms. The second-order valence-corrected chi connectivity index (χ2v) is 2.04. The summed E-state index contributed by atoms with van der Waals surface area (Å²) < 4.78 is 13.7. The minimum absolute atomic E-state index is 0.314. The maximum absolute atomic E-state index is 9.56. The zero-order valence-corrected chi connectivity index (χ0v) is 6.83. The van der Waals surface area contributed by atoms with Crippen LogP contribution in [0.1, 0.15) is 13.8 Å². The van der Waals surface area contributed by atoms with Gasteiger partial charge in [0.15, 0.2) is 0 Å². The average molecular weight is 170 g/mol.